The molecule has 1 N–H and O–H groups in total. The number of benzene rings is 3. The number of aromatic nitrogens is 2. The smallest absolute Gasteiger partial charge is 0.265 e. The van der Waals surface area contributed by atoms with Gasteiger partial charge in [-0.2, -0.15) is 0 Å². The van der Waals surface area contributed by atoms with Crippen LogP contribution in [0.25, 0.3) is 10.8 Å². The molecule has 4 rings (SSSR count). The Morgan fingerprint density at radius 3 is 2.72 bits per heavy atom. The minimum atomic E-state index is -0.0935. The van der Waals surface area contributed by atoms with Gasteiger partial charge in [-0.05, 0) is 56.6 Å². The van der Waals surface area contributed by atoms with Gasteiger partial charge < -0.3 is 9.72 Å². The normalized spacial score (nSPS) is 11.0. The Labute approximate surface area is 186 Å². The fraction of sp³-hybridized carbons (Fsp3) is 0.130. The molecular formula is C23H19IN2O2S. The molecule has 0 atom stereocenters. The summed E-state index contributed by atoms with van der Waals surface area (Å²) in [6.07, 6.45) is 0.621. The number of thioether (sulfide) groups is 1. The van der Waals surface area contributed by atoms with E-state index in [4.69, 9.17) is 9.72 Å². The predicted octanol–water partition coefficient (Wildman–Crippen LogP) is 5.42. The van der Waals surface area contributed by atoms with Gasteiger partial charge in [0.05, 0.1) is 12.8 Å². The third-order valence-corrected chi connectivity index (χ3v) is 6.71. The molecule has 4 nitrogen and oxygen atoms in total. The van der Waals surface area contributed by atoms with Gasteiger partial charge in [0, 0.05) is 12.2 Å². The number of methoxy groups -OCH3 is 1. The van der Waals surface area contributed by atoms with Crippen LogP contribution in [0.5, 0.6) is 5.75 Å². The molecule has 0 saturated carbocycles. The lowest BCUT2D eigenvalue weighted by Gasteiger charge is -2.09. The topological polar surface area (TPSA) is 55.0 Å². The molecule has 0 bridgehead atoms. The second-order valence-electron chi connectivity index (χ2n) is 6.59. The Balaban J connectivity index is 1.61. The fourth-order valence-electron chi connectivity index (χ4n) is 3.21. The lowest BCUT2D eigenvalue weighted by molar-refractivity contribution is 0.414. The summed E-state index contributed by atoms with van der Waals surface area (Å²) >= 11 is 3.61. The Morgan fingerprint density at radius 2 is 1.86 bits per heavy atom. The van der Waals surface area contributed by atoms with Gasteiger partial charge >= 0.3 is 0 Å². The number of rotatable bonds is 6. The first-order valence-corrected chi connectivity index (χ1v) is 11.2. The van der Waals surface area contributed by atoms with E-state index in [0.29, 0.717) is 20.9 Å². The van der Waals surface area contributed by atoms with E-state index in [2.05, 4.69) is 57.9 Å². The number of hydrogen-bond donors (Lipinski definition) is 1. The zero-order valence-corrected chi connectivity index (χ0v) is 18.8. The first kappa shape index (κ1) is 20.0. The van der Waals surface area contributed by atoms with Crippen LogP contribution in [-0.4, -0.2) is 17.1 Å². The third kappa shape index (κ3) is 4.64. The Morgan fingerprint density at radius 1 is 1.07 bits per heavy atom. The van der Waals surface area contributed by atoms with Gasteiger partial charge in [-0.3, -0.25) is 4.79 Å². The number of nitrogens with one attached hydrogen (secondary N) is 1. The van der Waals surface area contributed by atoms with Crippen molar-refractivity contribution in [3.8, 4) is 5.75 Å². The van der Waals surface area contributed by atoms with Crippen LogP contribution in [0.15, 0.2) is 76.7 Å². The molecule has 0 radical (unpaired) electrons. The van der Waals surface area contributed by atoms with Crippen LogP contribution in [0.4, 0.5) is 0 Å². The van der Waals surface area contributed by atoms with E-state index in [1.165, 1.54) is 28.1 Å². The van der Waals surface area contributed by atoms with Crippen molar-refractivity contribution >= 4 is 45.1 Å². The second-order valence-corrected chi connectivity index (χ2v) is 8.63. The minimum absolute atomic E-state index is 0.0935. The van der Waals surface area contributed by atoms with Gasteiger partial charge in [0.15, 0.2) is 5.16 Å². The van der Waals surface area contributed by atoms with E-state index in [1.807, 2.05) is 36.4 Å². The van der Waals surface area contributed by atoms with Gasteiger partial charge in [-0.25, -0.2) is 4.98 Å². The quantitative estimate of drug-likeness (QED) is 0.212. The van der Waals surface area contributed by atoms with Crippen LogP contribution in [0.2, 0.25) is 0 Å². The van der Waals surface area contributed by atoms with Crippen LogP contribution in [0, 0.1) is 3.57 Å². The molecule has 146 valence electrons. The molecule has 29 heavy (non-hydrogen) atoms. The highest BCUT2D eigenvalue weighted by Gasteiger charge is 2.12. The number of fused-ring (bicyclic) bond motifs is 1. The molecule has 0 spiro atoms. The van der Waals surface area contributed by atoms with Crippen molar-refractivity contribution in [3.63, 3.8) is 0 Å². The van der Waals surface area contributed by atoms with Crippen molar-refractivity contribution in [1.29, 1.82) is 0 Å². The maximum absolute atomic E-state index is 12.5. The molecular weight excluding hydrogens is 495 g/mol. The van der Waals surface area contributed by atoms with Crippen LogP contribution >= 0.6 is 34.4 Å². The Kier molecular flexibility index (Phi) is 6.20. The van der Waals surface area contributed by atoms with E-state index < -0.39 is 0 Å². The molecule has 1 heterocycles. The molecule has 0 amide bonds. The molecule has 0 aliphatic heterocycles. The van der Waals surface area contributed by atoms with Gasteiger partial charge in [-0.15, -0.1) is 0 Å². The molecule has 0 saturated heterocycles. The summed E-state index contributed by atoms with van der Waals surface area (Å²) in [5, 5.41) is 3.02. The van der Waals surface area contributed by atoms with Gasteiger partial charge in [0.25, 0.3) is 5.56 Å². The lowest BCUT2D eigenvalue weighted by atomic mass is 10.0. The molecule has 0 fully saturated rings. The number of nitrogens with zero attached hydrogens (tertiary/aromatic N) is 1. The number of hydrogen-bond acceptors (Lipinski definition) is 4. The third-order valence-electron chi connectivity index (χ3n) is 4.66. The van der Waals surface area contributed by atoms with Crippen LogP contribution in [0.1, 0.15) is 16.8 Å². The zero-order chi connectivity index (χ0) is 20.2. The largest absolute Gasteiger partial charge is 0.497 e. The van der Waals surface area contributed by atoms with E-state index in [9.17, 15) is 4.79 Å². The van der Waals surface area contributed by atoms with Crippen LogP contribution in [-0.2, 0) is 12.2 Å². The standard InChI is InChI=1S/C23H19IN2O2S/c1-28-18-10-4-6-15(12-18)14-29-23-25-20(21(24)22(27)26-23)13-17-9-5-8-16-7-2-3-11-19(16)17/h2-12H,13-14H2,1H3,(H,25,26,27). The second kappa shape index (κ2) is 9.00. The van der Waals surface area contributed by atoms with Crippen LogP contribution < -0.4 is 10.3 Å². The van der Waals surface area contributed by atoms with Crippen LogP contribution in [0.3, 0.4) is 0 Å². The molecule has 0 unspecified atom stereocenters. The maximum atomic E-state index is 12.5. The molecule has 6 heteroatoms. The number of H-pyrrole nitrogens is 1. The van der Waals surface area contributed by atoms with Crippen molar-refractivity contribution in [1.82, 2.24) is 9.97 Å². The summed E-state index contributed by atoms with van der Waals surface area (Å²) in [6.45, 7) is 0. The average Bonchev–Trinajstić information content (AvgIpc) is 2.76. The molecule has 1 aromatic heterocycles. The van der Waals surface area contributed by atoms with E-state index >= 15 is 0 Å². The van der Waals surface area contributed by atoms with Crippen molar-refractivity contribution < 1.29 is 4.74 Å². The predicted molar refractivity (Wildman–Crippen MR) is 127 cm³/mol. The monoisotopic (exact) mass is 514 g/mol. The lowest BCUT2D eigenvalue weighted by Crippen LogP contribution is -2.16. The molecule has 4 aromatic rings. The summed E-state index contributed by atoms with van der Waals surface area (Å²) in [4.78, 5) is 20.1. The van der Waals surface area contributed by atoms with E-state index in [-0.39, 0.29) is 5.56 Å². The number of aromatic amines is 1. The first-order chi connectivity index (χ1) is 14.1. The van der Waals surface area contributed by atoms with Gasteiger partial charge in [0.2, 0.25) is 0 Å². The van der Waals surface area contributed by atoms with Crippen molar-refractivity contribution in [2.45, 2.75) is 17.3 Å². The fourth-order valence-corrected chi connectivity index (χ4v) is 4.48. The highest BCUT2D eigenvalue weighted by atomic mass is 127. The van der Waals surface area contributed by atoms with E-state index in [0.717, 1.165) is 17.0 Å². The van der Waals surface area contributed by atoms with E-state index in [1.54, 1.807) is 7.11 Å². The SMILES string of the molecule is COc1cccc(CSc2nc(Cc3cccc4ccccc34)c(I)c(=O)[nH]2)c1. The van der Waals surface area contributed by atoms with Crippen molar-refractivity contribution in [2.24, 2.45) is 0 Å². The molecule has 0 aliphatic carbocycles. The minimum Gasteiger partial charge on any atom is -0.497 e. The Bertz CT molecular complexity index is 1220. The van der Waals surface area contributed by atoms with Gasteiger partial charge in [0.1, 0.15) is 9.32 Å². The van der Waals surface area contributed by atoms with Gasteiger partial charge in [-0.1, -0.05) is 66.4 Å². The zero-order valence-electron chi connectivity index (χ0n) is 15.8. The summed E-state index contributed by atoms with van der Waals surface area (Å²) in [6, 6.07) is 22.5. The van der Waals surface area contributed by atoms with Crippen molar-refractivity contribution in [2.75, 3.05) is 7.11 Å². The average molecular weight is 514 g/mol. The summed E-state index contributed by atoms with van der Waals surface area (Å²) in [5.41, 5.74) is 3.00. The maximum Gasteiger partial charge on any atom is 0.265 e. The summed E-state index contributed by atoms with van der Waals surface area (Å²) in [7, 11) is 1.66. The summed E-state index contributed by atoms with van der Waals surface area (Å²) in [5.74, 6) is 1.53. The molecule has 0 aliphatic rings. The highest BCUT2D eigenvalue weighted by molar-refractivity contribution is 14.1. The molecule has 3 aromatic carbocycles. The number of ether oxygens (including phenoxy) is 1. The first-order valence-electron chi connectivity index (χ1n) is 9.15. The Hall–Kier alpha value is -2.32. The number of halogens is 1. The highest BCUT2D eigenvalue weighted by Crippen LogP contribution is 2.25. The summed E-state index contributed by atoms with van der Waals surface area (Å²) < 4.78 is 5.92. The van der Waals surface area contributed by atoms with Crippen molar-refractivity contribution in [3.05, 3.63) is 97.5 Å².